The summed E-state index contributed by atoms with van der Waals surface area (Å²) < 4.78 is 31.5. The number of carbonyl (C=O) groups is 5. The third kappa shape index (κ3) is 18.8. The molecule has 0 radical (unpaired) electrons. The molecule has 2 aliphatic carbocycles. The van der Waals surface area contributed by atoms with E-state index in [0.717, 1.165) is 57.8 Å². The van der Waals surface area contributed by atoms with Crippen molar-refractivity contribution in [3.63, 3.8) is 0 Å². The number of carboxylic acid groups (broad SMARTS) is 1. The van der Waals surface area contributed by atoms with Crippen LogP contribution in [-0.4, -0.2) is 172 Å². The summed E-state index contributed by atoms with van der Waals surface area (Å²) in [5, 5.41) is 76.1. The molecule has 4 amide bonds. The molecule has 17 atom stereocenters. The monoisotopic (exact) mass is 1060 g/mol. The van der Waals surface area contributed by atoms with Crippen LogP contribution in [0.2, 0.25) is 0 Å². The first-order chi connectivity index (χ1) is 35.2. The molecule has 21 nitrogen and oxygen atoms in total. The summed E-state index contributed by atoms with van der Waals surface area (Å²) in [5.41, 5.74) is 6.08. The number of nitrogens with one attached hydrogen (secondary N) is 4. The molecule has 0 aromatic carbocycles. The summed E-state index contributed by atoms with van der Waals surface area (Å²) in [6, 6.07) is -1.35. The zero-order valence-electron chi connectivity index (χ0n) is 45.3. The zero-order chi connectivity index (χ0) is 54.7. The number of carboxylic acids is 1. The van der Waals surface area contributed by atoms with Crippen LogP contribution in [0.4, 0.5) is 0 Å². The van der Waals surface area contributed by atoms with Crippen molar-refractivity contribution in [1.29, 1.82) is 0 Å². The lowest BCUT2D eigenvalue weighted by Gasteiger charge is -2.49. The van der Waals surface area contributed by atoms with E-state index in [9.17, 15) is 54.6 Å². The first-order valence-electron chi connectivity index (χ1n) is 27.9. The van der Waals surface area contributed by atoms with Crippen LogP contribution in [0.3, 0.4) is 0 Å². The van der Waals surface area contributed by atoms with Crippen molar-refractivity contribution >= 4 is 29.6 Å². The van der Waals surface area contributed by atoms with Crippen molar-refractivity contribution in [2.45, 2.75) is 249 Å². The molecule has 4 aliphatic rings. The molecule has 2 aliphatic heterocycles. The van der Waals surface area contributed by atoms with E-state index >= 15 is 0 Å². The maximum atomic E-state index is 14.0. The highest BCUT2D eigenvalue weighted by molar-refractivity contribution is 5.83. The van der Waals surface area contributed by atoms with Crippen molar-refractivity contribution in [2.24, 2.45) is 35.3 Å². The number of carbonyl (C=O) groups excluding carboxylic acids is 4. The molecule has 2 saturated heterocycles. The summed E-state index contributed by atoms with van der Waals surface area (Å²) in [6.07, 6.45) is -4.35. The quantitative estimate of drug-likeness (QED) is 0.0460. The number of hydrogen-bond donors (Lipinski definition) is 11. The van der Waals surface area contributed by atoms with E-state index in [-0.39, 0.29) is 74.4 Å². The summed E-state index contributed by atoms with van der Waals surface area (Å²) in [4.78, 5) is 65.0. The maximum absolute atomic E-state index is 14.0. The predicted molar refractivity (Wildman–Crippen MR) is 273 cm³/mol. The molecule has 2 saturated carbocycles. The SMILES string of the molecule is CCCCCC(C)C1CCC(C[C@H](OC2C(NC(C)=O)[C@H](O[C@@H]3CC(C(=O)NCCNC(=O)CCC(=O)NCCC(N)(CC)CCC)CC(CC)C3O[C@@H]3OC(C)[C@@H](O)C(O)C3O)OC(CO)[C@@H]2O)C(=O)O)CC1. The summed E-state index contributed by atoms with van der Waals surface area (Å²) in [5.74, 6) is -2.89. The van der Waals surface area contributed by atoms with Crippen LogP contribution in [0.5, 0.6) is 0 Å². The Balaban J connectivity index is 1.49. The number of unbranched alkanes of at least 4 members (excludes halogenated alkanes) is 2. The highest BCUT2D eigenvalue weighted by atomic mass is 16.7. The average Bonchev–Trinajstić information content (AvgIpc) is 3.37. The lowest BCUT2D eigenvalue weighted by Crippen LogP contribution is -2.67. The molecule has 4 fully saturated rings. The summed E-state index contributed by atoms with van der Waals surface area (Å²) in [6.45, 7) is 13.0. The van der Waals surface area contributed by atoms with Crippen LogP contribution in [0.25, 0.3) is 0 Å². The molecule has 12 N–H and O–H groups in total. The Morgan fingerprint density at radius 2 is 1.43 bits per heavy atom. The highest BCUT2D eigenvalue weighted by Crippen LogP contribution is 2.41. The van der Waals surface area contributed by atoms with Crippen LogP contribution in [0, 0.1) is 29.6 Å². The van der Waals surface area contributed by atoms with Gasteiger partial charge in [0.25, 0.3) is 0 Å². The third-order valence-corrected chi connectivity index (χ3v) is 16.3. The molecule has 2 heterocycles. The second kappa shape index (κ2) is 31.3. The minimum atomic E-state index is -1.69. The van der Waals surface area contributed by atoms with Crippen LogP contribution in [-0.2, 0) is 47.7 Å². The van der Waals surface area contributed by atoms with Gasteiger partial charge in [-0.25, -0.2) is 4.79 Å². The zero-order valence-corrected chi connectivity index (χ0v) is 45.3. The van der Waals surface area contributed by atoms with Gasteiger partial charge in [-0.15, -0.1) is 0 Å². The fourth-order valence-corrected chi connectivity index (χ4v) is 11.5. The van der Waals surface area contributed by atoms with Crippen LogP contribution >= 0.6 is 0 Å². The number of amides is 4. The molecule has 0 aromatic rings. The standard InChI is InChI=1S/C53H95N5O16/c1-8-12-13-14-30(5)35-17-15-33(16-18-35)26-38(50(68)69)71-48-42(58-32(7)60)51(73-39(29-59)44(48)64)72-37-28-36(27-34(10-3)47(37)74-52-46(66)45(65)43(63)31(6)70-52)49(67)57-25-24-56-41(62)20-19-40(61)55-23-22-53(54,11-4)21-9-2/h30-31,33-39,42-48,51-52,59,63-66H,8-29,54H2,1-7H3,(H,55,61)(H,56,62)(H,57,67)(H,58,60)(H,68,69)/t30?,31?,33?,34?,35?,36?,37-,38+,39?,42?,43-,44+,45?,46?,47?,48?,51-,52+,53?/m1/s1. The Morgan fingerprint density at radius 1 is 0.770 bits per heavy atom. The largest absolute Gasteiger partial charge is 0.479 e. The van der Waals surface area contributed by atoms with Crippen molar-refractivity contribution in [1.82, 2.24) is 21.3 Å². The van der Waals surface area contributed by atoms with Gasteiger partial charge in [0.1, 0.15) is 42.7 Å². The molecule has 21 heteroatoms. The summed E-state index contributed by atoms with van der Waals surface area (Å²) >= 11 is 0. The third-order valence-electron chi connectivity index (χ3n) is 16.3. The normalized spacial score (nSPS) is 34.1. The lowest BCUT2D eigenvalue weighted by molar-refractivity contribution is -0.338. The van der Waals surface area contributed by atoms with Crippen LogP contribution < -0.4 is 27.0 Å². The molecule has 428 valence electrons. The second-order valence-electron chi connectivity index (χ2n) is 21.9. The van der Waals surface area contributed by atoms with E-state index in [2.05, 4.69) is 42.0 Å². The van der Waals surface area contributed by atoms with Gasteiger partial charge in [-0.2, -0.15) is 0 Å². The number of aliphatic hydroxyl groups excluding tert-OH is 5. The molecule has 74 heavy (non-hydrogen) atoms. The molecule has 0 spiro atoms. The van der Waals surface area contributed by atoms with Gasteiger partial charge in [0, 0.05) is 50.9 Å². The van der Waals surface area contributed by atoms with E-state index < -0.39 is 110 Å². The minimum absolute atomic E-state index is 0.0136. The molecule has 11 unspecified atom stereocenters. The number of aliphatic carboxylic acids is 1. The maximum Gasteiger partial charge on any atom is 0.332 e. The lowest BCUT2D eigenvalue weighted by atomic mass is 9.73. The van der Waals surface area contributed by atoms with E-state index in [1.807, 2.05) is 13.8 Å². The van der Waals surface area contributed by atoms with Crippen molar-refractivity contribution < 1.29 is 78.3 Å². The molecule has 0 bridgehead atoms. The Bertz CT molecular complexity index is 1730. The van der Waals surface area contributed by atoms with Gasteiger partial charge in [-0.1, -0.05) is 86.0 Å². The number of nitrogens with two attached hydrogens (primary N) is 1. The first kappa shape index (κ1) is 63.4. The number of hydrogen-bond acceptors (Lipinski definition) is 16. The first-order valence-corrected chi connectivity index (χ1v) is 27.9. The number of ether oxygens (including phenoxy) is 5. The Morgan fingerprint density at radius 3 is 2.03 bits per heavy atom. The van der Waals surface area contributed by atoms with Gasteiger partial charge >= 0.3 is 5.97 Å². The number of rotatable bonds is 30. The van der Waals surface area contributed by atoms with Gasteiger partial charge in [0.2, 0.25) is 23.6 Å². The van der Waals surface area contributed by atoms with Gasteiger partial charge in [0.05, 0.1) is 24.9 Å². The average molecular weight is 1060 g/mol. The molecule has 4 rings (SSSR count). The topological polar surface area (TPSA) is 327 Å². The minimum Gasteiger partial charge on any atom is -0.479 e. The fourth-order valence-electron chi connectivity index (χ4n) is 11.5. The Kier molecular flexibility index (Phi) is 26.9. The van der Waals surface area contributed by atoms with E-state index in [4.69, 9.17) is 29.4 Å². The predicted octanol–water partition coefficient (Wildman–Crippen LogP) is 2.28. The smallest absolute Gasteiger partial charge is 0.332 e. The van der Waals surface area contributed by atoms with Crippen molar-refractivity contribution in [3.05, 3.63) is 0 Å². The fraction of sp³-hybridized carbons (Fsp3) is 0.906. The molecular weight excluding hydrogens is 963 g/mol. The number of aliphatic hydroxyl groups is 5. The van der Waals surface area contributed by atoms with E-state index in [0.29, 0.717) is 31.2 Å². The van der Waals surface area contributed by atoms with Crippen LogP contribution in [0.1, 0.15) is 164 Å². The molecule has 0 aromatic heterocycles. The van der Waals surface area contributed by atoms with Crippen LogP contribution in [0.15, 0.2) is 0 Å². The van der Waals surface area contributed by atoms with E-state index in [1.165, 1.54) is 26.7 Å². The van der Waals surface area contributed by atoms with Gasteiger partial charge < -0.3 is 81.3 Å². The van der Waals surface area contributed by atoms with Gasteiger partial charge in [-0.3, -0.25) is 19.2 Å². The highest BCUT2D eigenvalue weighted by Gasteiger charge is 2.53. The van der Waals surface area contributed by atoms with Crippen molar-refractivity contribution in [3.8, 4) is 0 Å². The van der Waals surface area contributed by atoms with Gasteiger partial charge in [0.15, 0.2) is 18.7 Å². The van der Waals surface area contributed by atoms with Gasteiger partial charge in [-0.05, 0) is 82.0 Å². The Labute approximate surface area is 438 Å². The van der Waals surface area contributed by atoms with Crippen molar-refractivity contribution in [2.75, 3.05) is 26.2 Å². The second-order valence-corrected chi connectivity index (χ2v) is 21.9. The molecular formula is C53H95N5O16. The summed E-state index contributed by atoms with van der Waals surface area (Å²) in [7, 11) is 0. The Hall–Kier alpha value is -3.09. The van der Waals surface area contributed by atoms with E-state index in [1.54, 1.807) is 0 Å².